The van der Waals surface area contributed by atoms with E-state index in [4.69, 9.17) is 10.8 Å². The minimum absolute atomic E-state index is 0.652. The molecule has 0 aromatic carbocycles. The molecule has 0 amide bonds. The van der Waals surface area contributed by atoms with E-state index < -0.39 is 6.23 Å². The highest BCUT2D eigenvalue weighted by Gasteiger charge is 2.05. The normalized spacial score (nSPS) is 13.5. The van der Waals surface area contributed by atoms with Crippen molar-refractivity contribution in [1.82, 2.24) is 4.90 Å². The van der Waals surface area contributed by atoms with Crippen molar-refractivity contribution in [2.45, 2.75) is 52.2 Å². The van der Waals surface area contributed by atoms with Gasteiger partial charge in [-0.05, 0) is 32.4 Å². The average molecular weight is 202 g/mol. The molecule has 3 N–H and O–H groups in total. The molecule has 0 fully saturated rings. The predicted molar refractivity (Wildman–Crippen MR) is 61.1 cm³/mol. The Labute approximate surface area is 88.3 Å². The van der Waals surface area contributed by atoms with Crippen LogP contribution in [0, 0.1) is 0 Å². The quantitative estimate of drug-likeness (QED) is 0.558. The summed E-state index contributed by atoms with van der Waals surface area (Å²) in [5.41, 5.74) is 5.33. The molecule has 0 aliphatic carbocycles. The Morgan fingerprint density at radius 1 is 1.07 bits per heavy atom. The van der Waals surface area contributed by atoms with E-state index in [0.717, 1.165) is 19.6 Å². The van der Waals surface area contributed by atoms with Crippen LogP contribution >= 0.6 is 0 Å². The van der Waals surface area contributed by atoms with Crippen LogP contribution in [0.25, 0.3) is 0 Å². The molecule has 0 saturated heterocycles. The number of nitrogens with two attached hydrogens (primary N) is 1. The number of aliphatic hydroxyl groups excluding tert-OH is 1. The smallest absolute Gasteiger partial charge is 0.103 e. The first-order valence-electron chi connectivity index (χ1n) is 5.86. The first kappa shape index (κ1) is 13.9. The maximum absolute atomic E-state index is 9.00. The molecule has 0 radical (unpaired) electrons. The summed E-state index contributed by atoms with van der Waals surface area (Å²) >= 11 is 0. The molecular formula is C11H26N2O. The van der Waals surface area contributed by atoms with Gasteiger partial charge in [-0.1, -0.05) is 26.7 Å². The van der Waals surface area contributed by atoms with Crippen LogP contribution in [0.2, 0.25) is 0 Å². The van der Waals surface area contributed by atoms with Crippen molar-refractivity contribution < 1.29 is 5.11 Å². The summed E-state index contributed by atoms with van der Waals surface area (Å²) in [6, 6.07) is 0. The Balaban J connectivity index is 3.60. The van der Waals surface area contributed by atoms with Crippen molar-refractivity contribution in [3.8, 4) is 0 Å². The van der Waals surface area contributed by atoms with E-state index >= 15 is 0 Å². The maximum atomic E-state index is 9.00. The third-order valence-corrected chi connectivity index (χ3v) is 2.40. The van der Waals surface area contributed by atoms with Crippen LogP contribution in [-0.2, 0) is 0 Å². The number of aliphatic hydroxyl groups is 1. The highest BCUT2D eigenvalue weighted by Crippen LogP contribution is 2.00. The van der Waals surface area contributed by atoms with Crippen LogP contribution in [-0.4, -0.2) is 35.9 Å². The maximum Gasteiger partial charge on any atom is 0.103 e. The Hall–Kier alpha value is -0.120. The van der Waals surface area contributed by atoms with Gasteiger partial charge in [0.25, 0.3) is 0 Å². The molecule has 1 atom stereocenters. The number of unbranched alkanes of at least 4 members (excludes halogenated alkanes) is 2. The van der Waals surface area contributed by atoms with Gasteiger partial charge in [-0.25, -0.2) is 0 Å². The molecule has 0 heterocycles. The lowest BCUT2D eigenvalue weighted by Gasteiger charge is -2.22. The molecule has 86 valence electrons. The van der Waals surface area contributed by atoms with E-state index in [1.54, 1.807) is 0 Å². The van der Waals surface area contributed by atoms with Gasteiger partial charge in [0.1, 0.15) is 6.23 Å². The molecule has 14 heavy (non-hydrogen) atoms. The van der Waals surface area contributed by atoms with Crippen LogP contribution in [0.15, 0.2) is 0 Å². The van der Waals surface area contributed by atoms with Crippen LogP contribution in [0.3, 0.4) is 0 Å². The van der Waals surface area contributed by atoms with Gasteiger partial charge in [0.15, 0.2) is 0 Å². The van der Waals surface area contributed by atoms with Crippen molar-refractivity contribution in [3.05, 3.63) is 0 Å². The van der Waals surface area contributed by atoms with E-state index in [2.05, 4.69) is 18.7 Å². The first-order chi connectivity index (χ1) is 6.70. The molecule has 0 bridgehead atoms. The van der Waals surface area contributed by atoms with Crippen LogP contribution in [0.1, 0.15) is 46.0 Å². The Morgan fingerprint density at radius 3 is 1.93 bits per heavy atom. The zero-order valence-corrected chi connectivity index (χ0v) is 9.71. The molecule has 1 unspecified atom stereocenters. The third kappa shape index (κ3) is 8.48. The Kier molecular flexibility index (Phi) is 9.35. The van der Waals surface area contributed by atoms with E-state index in [9.17, 15) is 0 Å². The van der Waals surface area contributed by atoms with Gasteiger partial charge in [0, 0.05) is 6.54 Å². The molecule has 0 aliphatic rings. The Morgan fingerprint density at radius 2 is 1.57 bits per heavy atom. The molecule has 0 aromatic rings. The summed E-state index contributed by atoms with van der Waals surface area (Å²) < 4.78 is 0. The topological polar surface area (TPSA) is 49.5 Å². The standard InChI is InChI=1S/C11H26N2O/c1-3-5-8-13(9-6-4-2)10-7-11(12)14/h11,14H,3-10,12H2,1-2H3. The van der Waals surface area contributed by atoms with E-state index in [1.165, 1.54) is 25.7 Å². The monoisotopic (exact) mass is 202 g/mol. The molecule has 3 heteroatoms. The molecular weight excluding hydrogens is 176 g/mol. The SMILES string of the molecule is CCCCN(CCCC)CCC(N)O. The van der Waals surface area contributed by atoms with Gasteiger partial charge in [-0.2, -0.15) is 0 Å². The van der Waals surface area contributed by atoms with Gasteiger partial charge in [0.2, 0.25) is 0 Å². The molecule has 3 nitrogen and oxygen atoms in total. The number of rotatable bonds is 9. The number of hydrogen-bond acceptors (Lipinski definition) is 3. The van der Waals surface area contributed by atoms with Crippen molar-refractivity contribution >= 4 is 0 Å². The van der Waals surface area contributed by atoms with Gasteiger partial charge < -0.3 is 15.7 Å². The highest BCUT2D eigenvalue weighted by atomic mass is 16.3. The van der Waals surface area contributed by atoms with E-state index in [1.807, 2.05) is 0 Å². The second kappa shape index (κ2) is 9.44. The summed E-state index contributed by atoms with van der Waals surface area (Å²) in [6.07, 6.45) is 4.98. The van der Waals surface area contributed by atoms with Crippen LogP contribution < -0.4 is 5.73 Å². The number of nitrogens with zero attached hydrogens (tertiary/aromatic N) is 1. The molecule has 0 aliphatic heterocycles. The fraction of sp³-hybridized carbons (Fsp3) is 1.00. The third-order valence-electron chi connectivity index (χ3n) is 2.40. The summed E-state index contributed by atoms with van der Waals surface area (Å²) in [5, 5.41) is 9.00. The van der Waals surface area contributed by atoms with Crippen molar-refractivity contribution in [3.63, 3.8) is 0 Å². The zero-order valence-electron chi connectivity index (χ0n) is 9.71. The second-order valence-corrected chi connectivity index (χ2v) is 3.90. The van der Waals surface area contributed by atoms with Crippen molar-refractivity contribution in [1.29, 1.82) is 0 Å². The molecule has 0 spiro atoms. The fourth-order valence-electron chi connectivity index (χ4n) is 1.41. The molecule has 0 rings (SSSR count). The average Bonchev–Trinajstić information content (AvgIpc) is 2.16. The summed E-state index contributed by atoms with van der Waals surface area (Å²) in [6.45, 7) is 7.62. The van der Waals surface area contributed by atoms with E-state index in [0.29, 0.717) is 6.42 Å². The van der Waals surface area contributed by atoms with Crippen molar-refractivity contribution in [2.75, 3.05) is 19.6 Å². The van der Waals surface area contributed by atoms with E-state index in [-0.39, 0.29) is 0 Å². The lowest BCUT2D eigenvalue weighted by Crippen LogP contribution is -2.31. The summed E-state index contributed by atoms with van der Waals surface area (Å²) in [4.78, 5) is 2.41. The predicted octanol–water partition coefficient (Wildman–Crippen LogP) is 1.56. The summed E-state index contributed by atoms with van der Waals surface area (Å²) in [5.74, 6) is 0. The van der Waals surface area contributed by atoms with Gasteiger partial charge >= 0.3 is 0 Å². The zero-order chi connectivity index (χ0) is 10.8. The first-order valence-corrected chi connectivity index (χ1v) is 5.86. The highest BCUT2D eigenvalue weighted by molar-refractivity contribution is 4.59. The van der Waals surface area contributed by atoms with Gasteiger partial charge in [-0.3, -0.25) is 0 Å². The minimum Gasteiger partial charge on any atom is -0.379 e. The Bertz CT molecular complexity index is 110. The molecule has 0 aromatic heterocycles. The largest absolute Gasteiger partial charge is 0.379 e. The fourth-order valence-corrected chi connectivity index (χ4v) is 1.41. The second-order valence-electron chi connectivity index (χ2n) is 3.90. The lowest BCUT2D eigenvalue weighted by molar-refractivity contribution is 0.145. The van der Waals surface area contributed by atoms with Crippen LogP contribution in [0.4, 0.5) is 0 Å². The minimum atomic E-state index is -0.652. The van der Waals surface area contributed by atoms with Gasteiger partial charge in [0.05, 0.1) is 0 Å². The van der Waals surface area contributed by atoms with Gasteiger partial charge in [-0.15, -0.1) is 0 Å². The molecule has 0 saturated carbocycles. The van der Waals surface area contributed by atoms with Crippen LogP contribution in [0.5, 0.6) is 0 Å². The summed E-state index contributed by atoms with van der Waals surface area (Å²) in [7, 11) is 0. The van der Waals surface area contributed by atoms with Crippen molar-refractivity contribution in [2.24, 2.45) is 5.73 Å². The number of hydrogen-bond donors (Lipinski definition) is 2. The lowest BCUT2D eigenvalue weighted by atomic mass is 10.2.